The minimum absolute atomic E-state index is 0.171. The molecule has 6 nitrogen and oxygen atoms in total. The fourth-order valence-electron chi connectivity index (χ4n) is 3.58. The predicted octanol–water partition coefficient (Wildman–Crippen LogP) is 5.33. The lowest BCUT2D eigenvalue weighted by Crippen LogP contribution is -2.54. The number of thioether (sulfide) groups is 1. The average molecular weight is 445 g/mol. The number of nitrogens with zero attached hydrogens (tertiary/aromatic N) is 1. The first-order chi connectivity index (χ1) is 14.4. The standard InChI is InChI=1S/C22H21ClN2O4S/c1-13-7-8-14(11-18(13)23)25-21(27)17(20(26)24-22(25)28)12-15-9-10-19(29-15)30-16-5-3-2-4-6-16/h7-12,16H,2-6H2,1H3,(H,24,26,28)/b17-12-. The minimum atomic E-state index is -0.810. The topological polar surface area (TPSA) is 79.6 Å². The van der Waals surface area contributed by atoms with Crippen molar-refractivity contribution in [3.05, 3.63) is 52.3 Å². The zero-order valence-electron chi connectivity index (χ0n) is 16.4. The van der Waals surface area contributed by atoms with Crippen LogP contribution in [0.1, 0.15) is 43.4 Å². The Morgan fingerprint density at radius 2 is 1.90 bits per heavy atom. The number of amides is 4. The van der Waals surface area contributed by atoms with E-state index in [2.05, 4.69) is 5.32 Å². The summed E-state index contributed by atoms with van der Waals surface area (Å²) in [6.07, 6.45) is 7.45. The SMILES string of the molecule is Cc1ccc(N2C(=O)NC(=O)/C(=C/c3ccc(SC4CCCCC4)o3)C2=O)cc1Cl. The quantitative estimate of drug-likeness (QED) is 0.509. The number of anilines is 1. The van der Waals surface area contributed by atoms with Crippen LogP contribution in [-0.2, 0) is 9.59 Å². The molecule has 1 aliphatic carbocycles. The van der Waals surface area contributed by atoms with Crippen molar-refractivity contribution in [2.45, 2.75) is 49.4 Å². The summed E-state index contributed by atoms with van der Waals surface area (Å²) in [5, 5.41) is 3.92. The number of hydrogen-bond acceptors (Lipinski definition) is 5. The zero-order valence-corrected chi connectivity index (χ0v) is 18.0. The Kier molecular flexibility index (Phi) is 6.01. The summed E-state index contributed by atoms with van der Waals surface area (Å²) >= 11 is 7.83. The molecule has 0 unspecified atom stereocenters. The summed E-state index contributed by atoms with van der Waals surface area (Å²) in [5.41, 5.74) is 0.935. The summed E-state index contributed by atoms with van der Waals surface area (Å²) in [6, 6.07) is 7.60. The van der Waals surface area contributed by atoms with Crippen LogP contribution in [-0.4, -0.2) is 23.1 Å². The van der Waals surface area contributed by atoms with Gasteiger partial charge in [0, 0.05) is 10.3 Å². The molecule has 2 aromatic rings. The Labute approximate surface area is 183 Å². The van der Waals surface area contributed by atoms with Gasteiger partial charge in [0.15, 0.2) is 5.09 Å². The largest absolute Gasteiger partial charge is 0.450 e. The second kappa shape index (κ2) is 8.70. The molecule has 0 atom stereocenters. The van der Waals surface area contributed by atoms with Gasteiger partial charge in [-0.3, -0.25) is 14.9 Å². The predicted molar refractivity (Wildman–Crippen MR) is 117 cm³/mol. The Morgan fingerprint density at radius 1 is 1.13 bits per heavy atom. The van der Waals surface area contributed by atoms with Gasteiger partial charge in [-0.1, -0.05) is 48.7 Å². The molecule has 4 amide bonds. The lowest BCUT2D eigenvalue weighted by atomic mass is 10.0. The highest BCUT2D eigenvalue weighted by molar-refractivity contribution is 7.99. The number of imide groups is 2. The van der Waals surface area contributed by atoms with E-state index in [0.717, 1.165) is 15.6 Å². The molecule has 1 saturated carbocycles. The molecule has 0 radical (unpaired) electrons. The van der Waals surface area contributed by atoms with Crippen molar-refractivity contribution in [3.8, 4) is 0 Å². The third-order valence-electron chi connectivity index (χ3n) is 5.24. The summed E-state index contributed by atoms with van der Waals surface area (Å²) in [7, 11) is 0. The van der Waals surface area contributed by atoms with Crippen LogP contribution in [0.3, 0.4) is 0 Å². The van der Waals surface area contributed by atoms with E-state index in [1.165, 1.54) is 44.2 Å². The van der Waals surface area contributed by atoms with E-state index in [1.807, 2.05) is 13.0 Å². The van der Waals surface area contributed by atoms with Crippen LogP contribution in [0.15, 0.2) is 45.4 Å². The van der Waals surface area contributed by atoms with Crippen LogP contribution in [0.25, 0.3) is 6.08 Å². The van der Waals surface area contributed by atoms with E-state index in [1.54, 1.807) is 30.0 Å². The summed E-state index contributed by atoms with van der Waals surface area (Å²) in [4.78, 5) is 38.5. The van der Waals surface area contributed by atoms with Crippen LogP contribution < -0.4 is 10.2 Å². The monoisotopic (exact) mass is 444 g/mol. The number of rotatable bonds is 4. The number of aryl methyl sites for hydroxylation is 1. The van der Waals surface area contributed by atoms with Gasteiger partial charge in [-0.05, 0) is 55.7 Å². The van der Waals surface area contributed by atoms with Gasteiger partial charge < -0.3 is 4.42 Å². The molecule has 4 rings (SSSR count). The minimum Gasteiger partial charge on any atom is -0.450 e. The van der Waals surface area contributed by atoms with E-state index < -0.39 is 17.8 Å². The van der Waals surface area contributed by atoms with E-state index in [4.69, 9.17) is 16.0 Å². The van der Waals surface area contributed by atoms with Crippen molar-refractivity contribution in [2.24, 2.45) is 0 Å². The Hall–Kier alpha value is -2.51. The summed E-state index contributed by atoms with van der Waals surface area (Å²) < 4.78 is 5.82. The number of furan rings is 1. The van der Waals surface area contributed by atoms with Crippen molar-refractivity contribution in [1.29, 1.82) is 0 Å². The fourth-order valence-corrected chi connectivity index (χ4v) is 4.94. The molecule has 30 heavy (non-hydrogen) atoms. The normalized spacial score (nSPS) is 19.5. The molecular formula is C22H21ClN2O4S. The first-order valence-corrected chi connectivity index (χ1v) is 11.1. The highest BCUT2D eigenvalue weighted by atomic mass is 35.5. The molecule has 2 aliphatic rings. The van der Waals surface area contributed by atoms with Crippen LogP contribution >= 0.6 is 23.4 Å². The third kappa shape index (κ3) is 4.32. The lowest BCUT2D eigenvalue weighted by molar-refractivity contribution is -0.122. The van der Waals surface area contributed by atoms with Crippen LogP contribution in [0, 0.1) is 6.92 Å². The highest BCUT2D eigenvalue weighted by Crippen LogP contribution is 2.35. The average Bonchev–Trinajstić information content (AvgIpc) is 3.15. The fraction of sp³-hybridized carbons (Fsp3) is 0.318. The van der Waals surface area contributed by atoms with Crippen molar-refractivity contribution >= 4 is 53.0 Å². The molecule has 1 aromatic carbocycles. The molecule has 0 bridgehead atoms. The number of carbonyl (C=O) groups excluding carboxylic acids is 3. The number of carbonyl (C=O) groups is 3. The maximum atomic E-state index is 13.0. The maximum absolute atomic E-state index is 13.0. The molecule has 1 saturated heterocycles. The zero-order chi connectivity index (χ0) is 21.3. The summed E-state index contributed by atoms with van der Waals surface area (Å²) in [5.74, 6) is -1.08. The van der Waals surface area contributed by atoms with E-state index in [9.17, 15) is 14.4 Å². The molecule has 0 spiro atoms. The third-order valence-corrected chi connectivity index (χ3v) is 6.90. The first kappa shape index (κ1) is 20.8. The number of nitrogens with one attached hydrogen (secondary N) is 1. The molecule has 2 fully saturated rings. The second-order valence-electron chi connectivity index (χ2n) is 7.43. The van der Waals surface area contributed by atoms with Crippen LogP contribution in [0.4, 0.5) is 10.5 Å². The van der Waals surface area contributed by atoms with Crippen molar-refractivity contribution in [1.82, 2.24) is 5.32 Å². The van der Waals surface area contributed by atoms with Crippen molar-refractivity contribution in [3.63, 3.8) is 0 Å². The Morgan fingerprint density at radius 3 is 2.63 bits per heavy atom. The first-order valence-electron chi connectivity index (χ1n) is 9.86. The van der Waals surface area contributed by atoms with Gasteiger partial charge in [0.25, 0.3) is 11.8 Å². The van der Waals surface area contributed by atoms with Gasteiger partial charge in [0.1, 0.15) is 11.3 Å². The van der Waals surface area contributed by atoms with Crippen LogP contribution in [0.5, 0.6) is 0 Å². The number of hydrogen-bond donors (Lipinski definition) is 1. The van der Waals surface area contributed by atoms with Crippen LogP contribution in [0.2, 0.25) is 5.02 Å². The maximum Gasteiger partial charge on any atom is 0.335 e. The number of benzene rings is 1. The number of urea groups is 1. The second-order valence-corrected chi connectivity index (χ2v) is 9.14. The molecule has 1 aromatic heterocycles. The van der Waals surface area contributed by atoms with E-state index >= 15 is 0 Å². The Balaban J connectivity index is 1.57. The van der Waals surface area contributed by atoms with Crippen molar-refractivity contribution in [2.75, 3.05) is 4.90 Å². The van der Waals surface area contributed by atoms with Gasteiger partial charge >= 0.3 is 6.03 Å². The van der Waals surface area contributed by atoms with Gasteiger partial charge in [0.05, 0.1) is 5.69 Å². The summed E-state index contributed by atoms with van der Waals surface area (Å²) in [6.45, 7) is 1.82. The molecular weight excluding hydrogens is 424 g/mol. The van der Waals surface area contributed by atoms with Gasteiger partial charge in [0.2, 0.25) is 0 Å². The van der Waals surface area contributed by atoms with Gasteiger partial charge in [-0.2, -0.15) is 0 Å². The molecule has 2 heterocycles. The van der Waals surface area contributed by atoms with Gasteiger partial charge in [-0.15, -0.1) is 0 Å². The number of barbiturate groups is 1. The molecule has 1 aliphatic heterocycles. The smallest absolute Gasteiger partial charge is 0.335 e. The van der Waals surface area contributed by atoms with E-state index in [-0.39, 0.29) is 5.57 Å². The van der Waals surface area contributed by atoms with E-state index in [0.29, 0.717) is 21.7 Å². The number of halogens is 1. The molecule has 156 valence electrons. The lowest BCUT2D eigenvalue weighted by Gasteiger charge is -2.26. The molecule has 8 heteroatoms. The highest BCUT2D eigenvalue weighted by Gasteiger charge is 2.37. The molecule has 1 N–H and O–H groups in total. The van der Waals surface area contributed by atoms with Gasteiger partial charge in [-0.25, -0.2) is 9.69 Å². The Bertz CT molecular complexity index is 1040. The van der Waals surface area contributed by atoms with Crippen molar-refractivity contribution < 1.29 is 18.8 Å².